The number of nitrogens with zero attached hydrogens (tertiary/aromatic N) is 3. The molecule has 1 aliphatic heterocycles. The number of hydrogen-bond donors (Lipinski definition) is 2. The number of hydrogen-bond acceptors (Lipinski definition) is 7. The normalized spacial score (nSPS) is 16.3. The summed E-state index contributed by atoms with van der Waals surface area (Å²) in [5, 5.41) is 24.1. The first-order valence-corrected chi connectivity index (χ1v) is 9.14. The summed E-state index contributed by atoms with van der Waals surface area (Å²) in [6.45, 7) is 3.53. The van der Waals surface area contributed by atoms with E-state index in [4.69, 9.17) is 4.74 Å². The van der Waals surface area contributed by atoms with Crippen molar-refractivity contribution in [3.8, 4) is 0 Å². The fraction of sp³-hybridized carbons (Fsp3) is 0.250. The first kappa shape index (κ1) is 20.8. The number of carboxylic acids is 1. The average molecular weight is 412 g/mol. The third kappa shape index (κ3) is 4.07. The summed E-state index contributed by atoms with van der Waals surface area (Å²) in [4.78, 5) is 39.7. The summed E-state index contributed by atoms with van der Waals surface area (Å²) >= 11 is 0. The van der Waals surface area contributed by atoms with E-state index in [0.29, 0.717) is 17.0 Å². The molecule has 1 atom stereocenters. The third-order valence-electron chi connectivity index (χ3n) is 4.68. The van der Waals surface area contributed by atoms with E-state index >= 15 is 0 Å². The molecular weight excluding hydrogens is 392 g/mol. The van der Waals surface area contributed by atoms with Crippen LogP contribution in [0.15, 0.2) is 65.5 Å². The maximum absolute atomic E-state index is 12.9. The van der Waals surface area contributed by atoms with Crippen LogP contribution in [0.25, 0.3) is 0 Å². The summed E-state index contributed by atoms with van der Waals surface area (Å²) in [6, 6.07) is 5.61. The Morgan fingerprint density at radius 1 is 1.37 bits per heavy atom. The van der Waals surface area contributed by atoms with Gasteiger partial charge in [-0.15, -0.1) is 0 Å². The lowest BCUT2D eigenvalue weighted by Crippen LogP contribution is -2.34. The SMILES string of the molecule is CCOC(=O)C1=C(Cn2ccnc2)NC(C)=C(C(=O)O)C1c1cccc([N+](=O)[O-])c1. The zero-order valence-corrected chi connectivity index (χ0v) is 16.4. The van der Waals surface area contributed by atoms with Gasteiger partial charge in [0.25, 0.3) is 5.69 Å². The lowest BCUT2D eigenvalue weighted by Gasteiger charge is -2.31. The minimum atomic E-state index is -1.24. The molecule has 0 bridgehead atoms. The molecule has 0 fully saturated rings. The van der Waals surface area contributed by atoms with Crippen molar-refractivity contribution < 1.29 is 24.4 Å². The van der Waals surface area contributed by atoms with Crippen molar-refractivity contribution in [1.29, 1.82) is 0 Å². The number of imidazole rings is 1. The molecule has 2 aromatic rings. The van der Waals surface area contributed by atoms with Gasteiger partial charge in [0.2, 0.25) is 0 Å². The highest BCUT2D eigenvalue weighted by atomic mass is 16.6. The monoisotopic (exact) mass is 412 g/mol. The quantitative estimate of drug-likeness (QED) is 0.402. The van der Waals surface area contributed by atoms with Crippen molar-refractivity contribution in [1.82, 2.24) is 14.9 Å². The molecule has 10 nitrogen and oxygen atoms in total. The summed E-state index contributed by atoms with van der Waals surface area (Å²) in [6.07, 6.45) is 4.84. The van der Waals surface area contributed by atoms with Crippen LogP contribution in [0.2, 0.25) is 0 Å². The molecule has 1 aliphatic rings. The van der Waals surface area contributed by atoms with Crippen LogP contribution in [0.4, 0.5) is 5.69 Å². The molecule has 2 N–H and O–H groups in total. The second-order valence-electron chi connectivity index (χ2n) is 6.60. The number of carbonyl (C=O) groups excluding carboxylic acids is 1. The van der Waals surface area contributed by atoms with Crippen molar-refractivity contribution in [2.75, 3.05) is 6.61 Å². The molecule has 1 aromatic heterocycles. The zero-order valence-electron chi connectivity index (χ0n) is 16.4. The molecule has 3 rings (SSSR count). The van der Waals surface area contributed by atoms with Crippen molar-refractivity contribution in [2.45, 2.75) is 26.3 Å². The molecule has 1 aromatic carbocycles. The van der Waals surface area contributed by atoms with Crippen LogP contribution >= 0.6 is 0 Å². The molecule has 10 heteroatoms. The fourth-order valence-electron chi connectivity index (χ4n) is 3.47. The largest absolute Gasteiger partial charge is 0.478 e. The van der Waals surface area contributed by atoms with Crippen LogP contribution < -0.4 is 5.32 Å². The Morgan fingerprint density at radius 3 is 2.73 bits per heavy atom. The zero-order chi connectivity index (χ0) is 21.8. The number of allylic oxidation sites excluding steroid dienone is 2. The van der Waals surface area contributed by atoms with E-state index in [1.807, 2.05) is 0 Å². The van der Waals surface area contributed by atoms with E-state index in [9.17, 15) is 24.8 Å². The van der Waals surface area contributed by atoms with Gasteiger partial charge in [-0.2, -0.15) is 0 Å². The number of aromatic nitrogens is 2. The fourth-order valence-corrected chi connectivity index (χ4v) is 3.47. The van der Waals surface area contributed by atoms with Gasteiger partial charge < -0.3 is 19.7 Å². The van der Waals surface area contributed by atoms with Gasteiger partial charge in [-0.05, 0) is 19.4 Å². The van der Waals surface area contributed by atoms with Gasteiger partial charge >= 0.3 is 11.9 Å². The molecule has 0 saturated heterocycles. The van der Waals surface area contributed by atoms with Crippen LogP contribution in [0.3, 0.4) is 0 Å². The Hall–Kier alpha value is -3.95. The molecule has 156 valence electrons. The Bertz CT molecular complexity index is 1060. The van der Waals surface area contributed by atoms with E-state index in [0.717, 1.165) is 0 Å². The minimum Gasteiger partial charge on any atom is -0.478 e. The van der Waals surface area contributed by atoms with Crippen molar-refractivity contribution in [2.24, 2.45) is 0 Å². The van der Waals surface area contributed by atoms with E-state index < -0.39 is 22.8 Å². The number of nitro groups is 1. The van der Waals surface area contributed by atoms with Crippen LogP contribution in [-0.4, -0.2) is 38.1 Å². The first-order chi connectivity index (χ1) is 14.3. The number of aliphatic carboxylic acids is 1. The standard InChI is InChI=1S/C20H20N4O6/c1-3-30-20(27)18-15(10-23-8-7-21-11-23)22-12(2)16(19(25)26)17(18)13-5-4-6-14(9-13)24(28)29/h4-9,11,17,22H,3,10H2,1-2H3,(H,25,26). The summed E-state index contributed by atoms with van der Waals surface area (Å²) in [5.41, 5.74) is 0.899. The van der Waals surface area contributed by atoms with Crippen molar-refractivity contribution in [3.63, 3.8) is 0 Å². The number of benzene rings is 1. The van der Waals surface area contributed by atoms with E-state index in [-0.39, 0.29) is 30.0 Å². The number of carbonyl (C=O) groups is 2. The third-order valence-corrected chi connectivity index (χ3v) is 4.68. The lowest BCUT2D eigenvalue weighted by atomic mass is 9.80. The first-order valence-electron chi connectivity index (χ1n) is 9.14. The number of ether oxygens (including phenoxy) is 1. The van der Waals surface area contributed by atoms with Crippen LogP contribution in [-0.2, 0) is 20.9 Å². The van der Waals surface area contributed by atoms with Crippen molar-refractivity contribution >= 4 is 17.6 Å². The van der Waals surface area contributed by atoms with Gasteiger partial charge in [0.15, 0.2) is 0 Å². The van der Waals surface area contributed by atoms with E-state index in [2.05, 4.69) is 10.3 Å². The lowest BCUT2D eigenvalue weighted by molar-refractivity contribution is -0.384. The molecule has 0 saturated carbocycles. The molecule has 1 unspecified atom stereocenters. The van der Waals surface area contributed by atoms with E-state index in [1.165, 1.54) is 18.2 Å². The Kier molecular flexibility index (Phi) is 5.95. The predicted molar refractivity (Wildman–Crippen MR) is 105 cm³/mol. The van der Waals surface area contributed by atoms with Gasteiger partial charge in [-0.1, -0.05) is 12.1 Å². The molecule has 0 aliphatic carbocycles. The molecule has 30 heavy (non-hydrogen) atoms. The highest BCUT2D eigenvalue weighted by Crippen LogP contribution is 2.40. The van der Waals surface area contributed by atoms with Gasteiger partial charge in [0.1, 0.15) is 0 Å². The number of nitro benzene ring substituents is 1. The van der Waals surface area contributed by atoms with E-state index in [1.54, 1.807) is 43.2 Å². The number of esters is 1. The highest BCUT2D eigenvalue weighted by Gasteiger charge is 2.38. The summed E-state index contributed by atoms with van der Waals surface area (Å²) in [5.74, 6) is -2.97. The average Bonchev–Trinajstić information content (AvgIpc) is 3.20. The maximum Gasteiger partial charge on any atom is 0.336 e. The summed E-state index contributed by atoms with van der Waals surface area (Å²) < 4.78 is 6.93. The predicted octanol–water partition coefficient (Wildman–Crippen LogP) is 2.35. The molecule has 0 radical (unpaired) electrons. The van der Waals surface area contributed by atoms with Gasteiger partial charge in [-0.3, -0.25) is 10.1 Å². The van der Waals surface area contributed by atoms with Gasteiger partial charge in [0.05, 0.1) is 41.5 Å². The summed E-state index contributed by atoms with van der Waals surface area (Å²) in [7, 11) is 0. The second kappa shape index (κ2) is 8.60. The Labute approximate surface area is 171 Å². The number of nitrogens with one attached hydrogen (secondary N) is 1. The second-order valence-corrected chi connectivity index (χ2v) is 6.60. The smallest absolute Gasteiger partial charge is 0.336 e. The minimum absolute atomic E-state index is 0.0760. The number of non-ortho nitro benzene ring substituents is 1. The molecule has 0 spiro atoms. The Balaban J connectivity index is 2.23. The molecule has 2 heterocycles. The van der Waals surface area contributed by atoms with Crippen molar-refractivity contribution in [3.05, 3.63) is 81.2 Å². The van der Waals surface area contributed by atoms with Crippen LogP contribution in [0.5, 0.6) is 0 Å². The maximum atomic E-state index is 12.9. The number of rotatable bonds is 7. The highest BCUT2D eigenvalue weighted by molar-refractivity contribution is 5.99. The van der Waals surface area contributed by atoms with Crippen LogP contribution in [0.1, 0.15) is 25.3 Å². The molecule has 0 amide bonds. The number of dihydropyridines is 1. The molecular formula is C20H20N4O6. The van der Waals surface area contributed by atoms with Crippen LogP contribution in [0, 0.1) is 10.1 Å². The topological polar surface area (TPSA) is 137 Å². The Morgan fingerprint density at radius 2 is 2.13 bits per heavy atom. The van der Waals surface area contributed by atoms with Gasteiger partial charge in [-0.25, -0.2) is 14.6 Å². The van der Waals surface area contributed by atoms with Gasteiger partial charge in [0, 0.05) is 35.9 Å². The number of carboxylic acid groups (broad SMARTS) is 1.